The molecule has 0 aliphatic rings. The van der Waals surface area contributed by atoms with Crippen molar-refractivity contribution in [1.82, 2.24) is 4.98 Å². The number of nitrogens with zero attached hydrogens (tertiary/aromatic N) is 2. The van der Waals surface area contributed by atoms with Crippen molar-refractivity contribution >= 4 is 15.7 Å². The van der Waals surface area contributed by atoms with Gasteiger partial charge in [-0.1, -0.05) is 17.7 Å². The first-order valence-electron chi connectivity index (χ1n) is 6.00. The topological polar surface area (TPSA) is 59.5 Å². The highest BCUT2D eigenvalue weighted by molar-refractivity contribution is 7.92. The molecule has 2 rings (SSSR count). The number of sulfonamides is 1. The van der Waals surface area contributed by atoms with Gasteiger partial charge in [-0.2, -0.15) is 0 Å². The third-order valence-corrected chi connectivity index (χ3v) is 4.78. The quantitative estimate of drug-likeness (QED) is 0.867. The van der Waals surface area contributed by atoms with Gasteiger partial charge in [0.05, 0.1) is 30.1 Å². The molecular formula is C14H16N2O3S. The maximum absolute atomic E-state index is 12.5. The maximum atomic E-state index is 12.5. The summed E-state index contributed by atoms with van der Waals surface area (Å²) in [5.74, 6) is 0.508. The molecule has 5 nitrogen and oxygen atoms in total. The molecule has 0 spiro atoms. The number of aromatic nitrogens is 1. The zero-order valence-corrected chi connectivity index (χ0v) is 12.4. The fourth-order valence-corrected chi connectivity index (χ4v) is 2.87. The first-order valence-corrected chi connectivity index (χ1v) is 7.44. The van der Waals surface area contributed by atoms with E-state index in [1.165, 1.54) is 30.9 Å². The van der Waals surface area contributed by atoms with Crippen LogP contribution >= 0.6 is 0 Å². The lowest BCUT2D eigenvalue weighted by molar-refractivity contribution is 0.413. The van der Waals surface area contributed by atoms with E-state index in [0.29, 0.717) is 11.4 Å². The van der Waals surface area contributed by atoms with E-state index in [1.807, 2.05) is 6.92 Å². The second-order valence-corrected chi connectivity index (χ2v) is 6.34. The minimum atomic E-state index is -3.60. The maximum Gasteiger partial charge on any atom is 0.264 e. The Morgan fingerprint density at radius 1 is 1.15 bits per heavy atom. The molecule has 0 atom stereocenters. The van der Waals surface area contributed by atoms with Crippen molar-refractivity contribution in [3.63, 3.8) is 0 Å². The van der Waals surface area contributed by atoms with Crippen molar-refractivity contribution in [2.45, 2.75) is 11.8 Å². The molecule has 0 fully saturated rings. The summed E-state index contributed by atoms with van der Waals surface area (Å²) < 4.78 is 31.2. The van der Waals surface area contributed by atoms with Crippen molar-refractivity contribution in [3.8, 4) is 5.75 Å². The van der Waals surface area contributed by atoms with Crippen LogP contribution in [0.3, 0.4) is 0 Å². The van der Waals surface area contributed by atoms with Crippen LogP contribution in [0.1, 0.15) is 5.56 Å². The van der Waals surface area contributed by atoms with E-state index in [-0.39, 0.29) is 4.90 Å². The molecule has 0 radical (unpaired) electrons. The van der Waals surface area contributed by atoms with E-state index in [0.717, 1.165) is 5.56 Å². The summed E-state index contributed by atoms with van der Waals surface area (Å²) in [4.78, 5) is 4.21. The van der Waals surface area contributed by atoms with Crippen molar-refractivity contribution in [1.29, 1.82) is 0 Å². The van der Waals surface area contributed by atoms with E-state index in [2.05, 4.69) is 4.98 Å². The predicted octanol–water partition coefficient (Wildman–Crippen LogP) is 2.22. The number of rotatable bonds is 4. The van der Waals surface area contributed by atoms with Gasteiger partial charge in [0.15, 0.2) is 0 Å². The van der Waals surface area contributed by atoms with E-state index < -0.39 is 10.0 Å². The third-order valence-electron chi connectivity index (χ3n) is 2.98. The average Bonchev–Trinajstić information content (AvgIpc) is 2.47. The number of ether oxygens (including phenoxy) is 1. The molecule has 0 amide bonds. The van der Waals surface area contributed by atoms with Crippen molar-refractivity contribution < 1.29 is 13.2 Å². The van der Waals surface area contributed by atoms with Crippen LogP contribution in [0.15, 0.2) is 47.6 Å². The summed E-state index contributed by atoms with van der Waals surface area (Å²) in [5.41, 5.74) is 1.46. The van der Waals surface area contributed by atoms with E-state index in [9.17, 15) is 8.42 Å². The van der Waals surface area contributed by atoms with Gasteiger partial charge in [-0.05, 0) is 19.1 Å². The van der Waals surface area contributed by atoms with Crippen molar-refractivity contribution in [2.75, 3.05) is 18.5 Å². The SMILES string of the molecule is COc1cncc(N(C)S(=O)(=O)c2ccc(C)cc2)c1. The molecule has 6 heteroatoms. The molecule has 2 aromatic rings. The minimum absolute atomic E-state index is 0.244. The lowest BCUT2D eigenvalue weighted by atomic mass is 10.2. The van der Waals surface area contributed by atoms with Gasteiger partial charge in [-0.25, -0.2) is 8.42 Å². The standard InChI is InChI=1S/C14H16N2O3S/c1-11-4-6-14(7-5-11)20(17,18)16(2)12-8-13(19-3)10-15-9-12/h4-10H,1-3H3. The summed E-state index contributed by atoms with van der Waals surface area (Å²) in [6.45, 7) is 1.91. The number of pyridine rings is 1. The highest BCUT2D eigenvalue weighted by Gasteiger charge is 2.21. The van der Waals surface area contributed by atoms with Crippen LogP contribution < -0.4 is 9.04 Å². The van der Waals surface area contributed by atoms with Gasteiger partial charge < -0.3 is 4.74 Å². The molecule has 0 aliphatic carbocycles. The van der Waals surface area contributed by atoms with E-state index >= 15 is 0 Å². The molecule has 0 N–H and O–H groups in total. The monoisotopic (exact) mass is 292 g/mol. The Bertz CT molecular complexity index is 697. The molecule has 1 aromatic carbocycles. The average molecular weight is 292 g/mol. The van der Waals surface area contributed by atoms with E-state index in [4.69, 9.17) is 4.74 Å². The summed E-state index contributed by atoms with van der Waals surface area (Å²) in [6, 6.07) is 8.34. The Hall–Kier alpha value is -2.08. The largest absolute Gasteiger partial charge is 0.495 e. The zero-order chi connectivity index (χ0) is 14.8. The smallest absolute Gasteiger partial charge is 0.264 e. The van der Waals surface area contributed by atoms with Crippen LogP contribution in [0, 0.1) is 6.92 Å². The van der Waals surface area contributed by atoms with Crippen LogP contribution in [-0.4, -0.2) is 27.6 Å². The number of hydrogen-bond acceptors (Lipinski definition) is 4. The fourth-order valence-electron chi connectivity index (χ4n) is 1.70. The predicted molar refractivity (Wildman–Crippen MR) is 77.6 cm³/mol. The summed E-state index contributed by atoms with van der Waals surface area (Å²) >= 11 is 0. The number of benzene rings is 1. The highest BCUT2D eigenvalue weighted by Crippen LogP contribution is 2.24. The number of hydrogen-bond donors (Lipinski definition) is 0. The lowest BCUT2D eigenvalue weighted by Gasteiger charge is -2.19. The first kappa shape index (κ1) is 14.3. The van der Waals surface area contributed by atoms with Gasteiger partial charge in [0.1, 0.15) is 5.75 Å². The van der Waals surface area contributed by atoms with Gasteiger partial charge in [0, 0.05) is 13.1 Å². The van der Waals surface area contributed by atoms with Crippen LogP contribution in [0.25, 0.3) is 0 Å². The second-order valence-electron chi connectivity index (χ2n) is 4.37. The molecule has 1 heterocycles. The van der Waals surface area contributed by atoms with Crippen molar-refractivity contribution in [3.05, 3.63) is 48.3 Å². The third kappa shape index (κ3) is 2.75. The first-order chi connectivity index (χ1) is 9.45. The van der Waals surface area contributed by atoms with Gasteiger partial charge in [-0.15, -0.1) is 0 Å². The highest BCUT2D eigenvalue weighted by atomic mass is 32.2. The molecule has 0 saturated carbocycles. The molecular weight excluding hydrogens is 276 g/mol. The Labute approximate surface area is 118 Å². The summed E-state index contributed by atoms with van der Waals surface area (Å²) in [6.07, 6.45) is 3.00. The Balaban J connectivity index is 2.40. The zero-order valence-electron chi connectivity index (χ0n) is 11.6. The fraction of sp³-hybridized carbons (Fsp3) is 0.214. The molecule has 0 unspecified atom stereocenters. The number of aryl methyl sites for hydroxylation is 1. The molecule has 0 saturated heterocycles. The molecule has 0 bridgehead atoms. The van der Waals surface area contributed by atoms with Gasteiger partial charge in [0.25, 0.3) is 10.0 Å². The van der Waals surface area contributed by atoms with Crippen molar-refractivity contribution in [2.24, 2.45) is 0 Å². The van der Waals surface area contributed by atoms with Gasteiger partial charge in [0.2, 0.25) is 0 Å². The van der Waals surface area contributed by atoms with Gasteiger partial charge in [-0.3, -0.25) is 9.29 Å². The molecule has 20 heavy (non-hydrogen) atoms. The Morgan fingerprint density at radius 2 is 1.80 bits per heavy atom. The Morgan fingerprint density at radius 3 is 2.40 bits per heavy atom. The number of methoxy groups -OCH3 is 1. The lowest BCUT2D eigenvalue weighted by Crippen LogP contribution is -2.26. The molecule has 0 aliphatic heterocycles. The second kappa shape index (κ2) is 5.50. The number of anilines is 1. The Kier molecular flexibility index (Phi) is 3.94. The van der Waals surface area contributed by atoms with E-state index in [1.54, 1.807) is 30.3 Å². The van der Waals surface area contributed by atoms with Gasteiger partial charge >= 0.3 is 0 Å². The minimum Gasteiger partial charge on any atom is -0.495 e. The van der Waals surface area contributed by atoms with Crippen LogP contribution in [0.5, 0.6) is 5.75 Å². The summed E-state index contributed by atoms with van der Waals surface area (Å²) in [5, 5.41) is 0. The molecule has 1 aromatic heterocycles. The summed E-state index contributed by atoms with van der Waals surface area (Å²) in [7, 11) is -0.595. The van der Waals surface area contributed by atoms with Crippen LogP contribution in [-0.2, 0) is 10.0 Å². The van der Waals surface area contributed by atoms with Crippen LogP contribution in [0.2, 0.25) is 0 Å². The normalized spacial score (nSPS) is 11.2. The molecule has 106 valence electrons. The van der Waals surface area contributed by atoms with Crippen LogP contribution in [0.4, 0.5) is 5.69 Å².